The van der Waals surface area contributed by atoms with Crippen LogP contribution in [0.4, 0.5) is 0 Å². The summed E-state index contributed by atoms with van der Waals surface area (Å²) in [5.41, 5.74) is 11.3. The number of rotatable bonds is 4. The van der Waals surface area contributed by atoms with Crippen LogP contribution in [0.2, 0.25) is 0 Å². The Morgan fingerprint density at radius 1 is 0.698 bits per heavy atom. The summed E-state index contributed by atoms with van der Waals surface area (Å²) in [6.45, 7) is 2.30. The highest BCUT2D eigenvalue weighted by Crippen LogP contribution is 2.47. The van der Waals surface area contributed by atoms with E-state index in [0.29, 0.717) is 5.92 Å². The summed E-state index contributed by atoms with van der Waals surface area (Å²) >= 11 is 1.92. The van der Waals surface area contributed by atoms with Crippen LogP contribution in [0, 0.1) is 5.92 Å². The molecule has 3 heterocycles. The number of allylic oxidation sites excluding steroid dienone is 6. The lowest BCUT2D eigenvalue weighted by Gasteiger charge is -2.25. The van der Waals surface area contributed by atoms with Crippen LogP contribution in [0.1, 0.15) is 61.3 Å². The molecular formula is C50H40N2S. The van der Waals surface area contributed by atoms with E-state index in [1.165, 1.54) is 69.5 Å². The Bertz CT molecular complexity index is 2800. The molecule has 3 unspecified atom stereocenters. The predicted molar refractivity (Wildman–Crippen MR) is 227 cm³/mol. The molecule has 1 aliphatic heterocycles. The number of aromatic nitrogens is 1. The van der Waals surface area contributed by atoms with Crippen molar-refractivity contribution >= 4 is 65.3 Å². The average molecular weight is 701 g/mol. The number of pyridine rings is 1. The predicted octanol–water partition coefficient (Wildman–Crippen LogP) is 11.9. The van der Waals surface area contributed by atoms with E-state index in [2.05, 4.69) is 165 Å². The first-order chi connectivity index (χ1) is 26.2. The molecular weight excluding hydrogens is 661 g/mol. The maximum absolute atomic E-state index is 5.53. The molecule has 0 fully saturated rings. The maximum atomic E-state index is 5.53. The Morgan fingerprint density at radius 3 is 2.43 bits per heavy atom. The summed E-state index contributed by atoms with van der Waals surface area (Å²) in [5.74, 6) is 0.671. The molecule has 256 valence electrons. The van der Waals surface area contributed by atoms with Crippen LogP contribution < -0.4 is 10.4 Å². The smallest absolute Gasteiger partial charge is 0.0821 e. The van der Waals surface area contributed by atoms with Gasteiger partial charge in [0.2, 0.25) is 0 Å². The van der Waals surface area contributed by atoms with Crippen LogP contribution in [0.15, 0.2) is 157 Å². The topological polar surface area (TPSA) is 25.2 Å². The summed E-state index contributed by atoms with van der Waals surface area (Å²) in [5, 5.41) is 6.48. The molecule has 5 aromatic carbocycles. The fraction of sp³-hybridized carbons (Fsp3) is 0.160. The minimum absolute atomic E-state index is 0.0759. The summed E-state index contributed by atoms with van der Waals surface area (Å²) in [6.07, 6.45) is 17.8. The number of fused-ring (bicyclic) bond motifs is 7. The van der Waals surface area contributed by atoms with Crippen molar-refractivity contribution in [1.82, 2.24) is 4.98 Å². The van der Waals surface area contributed by atoms with Gasteiger partial charge in [0.1, 0.15) is 0 Å². The Labute approximate surface area is 314 Å². The molecule has 0 bridgehead atoms. The van der Waals surface area contributed by atoms with Gasteiger partial charge in [-0.25, -0.2) is 4.98 Å². The average Bonchev–Trinajstić information content (AvgIpc) is 3.47. The second-order valence-corrected chi connectivity index (χ2v) is 15.9. The van der Waals surface area contributed by atoms with Gasteiger partial charge in [0.25, 0.3) is 0 Å². The van der Waals surface area contributed by atoms with Crippen molar-refractivity contribution in [3.63, 3.8) is 0 Å². The fourth-order valence-corrected chi connectivity index (χ4v) is 10.0. The molecule has 3 heteroatoms. The largest absolute Gasteiger partial charge is 0.280 e. The first kappa shape index (κ1) is 32.0. The highest BCUT2D eigenvalue weighted by molar-refractivity contribution is 7.25. The molecule has 0 saturated heterocycles. The second kappa shape index (κ2) is 13.4. The zero-order valence-corrected chi connectivity index (χ0v) is 30.7. The van der Waals surface area contributed by atoms with E-state index in [9.17, 15) is 0 Å². The molecule has 0 spiro atoms. The van der Waals surface area contributed by atoms with E-state index < -0.39 is 0 Å². The van der Waals surface area contributed by atoms with E-state index in [4.69, 9.17) is 9.98 Å². The number of hydrogen-bond donors (Lipinski definition) is 0. The van der Waals surface area contributed by atoms with Gasteiger partial charge < -0.3 is 0 Å². The number of hydrogen-bond acceptors (Lipinski definition) is 3. The van der Waals surface area contributed by atoms with Gasteiger partial charge in [-0.05, 0) is 90.4 Å². The van der Waals surface area contributed by atoms with Crippen molar-refractivity contribution in [3.05, 3.63) is 179 Å². The second-order valence-electron chi connectivity index (χ2n) is 14.8. The van der Waals surface area contributed by atoms with Crippen molar-refractivity contribution in [2.45, 2.75) is 44.6 Å². The number of thiophene rings is 1. The Hall–Kier alpha value is -5.64. The molecule has 3 aliphatic rings. The minimum Gasteiger partial charge on any atom is -0.280 e. The van der Waals surface area contributed by atoms with Crippen molar-refractivity contribution in [1.29, 1.82) is 0 Å². The van der Waals surface area contributed by atoms with E-state index in [-0.39, 0.29) is 12.0 Å². The van der Waals surface area contributed by atoms with Gasteiger partial charge in [0.05, 0.1) is 17.3 Å². The minimum atomic E-state index is 0.0759. The molecule has 0 saturated carbocycles. The first-order valence-corrected chi connectivity index (χ1v) is 19.8. The molecule has 0 N–H and O–H groups in total. The van der Waals surface area contributed by atoms with Crippen molar-refractivity contribution in [2.24, 2.45) is 10.9 Å². The van der Waals surface area contributed by atoms with Crippen LogP contribution in [-0.4, -0.2) is 10.7 Å². The molecule has 3 atom stereocenters. The summed E-state index contributed by atoms with van der Waals surface area (Å²) in [6, 6.07) is 44.6. The quantitative estimate of drug-likeness (QED) is 0.179. The van der Waals surface area contributed by atoms with Crippen LogP contribution in [0.25, 0.3) is 59.6 Å². The van der Waals surface area contributed by atoms with Gasteiger partial charge in [-0.2, -0.15) is 0 Å². The van der Waals surface area contributed by atoms with Gasteiger partial charge in [-0.15, -0.1) is 11.3 Å². The Balaban J connectivity index is 1.09. The maximum Gasteiger partial charge on any atom is 0.0821 e. The molecule has 2 aromatic heterocycles. The molecule has 10 rings (SSSR count). The van der Waals surface area contributed by atoms with Crippen molar-refractivity contribution < 1.29 is 0 Å². The van der Waals surface area contributed by atoms with Crippen molar-refractivity contribution in [2.75, 3.05) is 0 Å². The highest BCUT2D eigenvalue weighted by atomic mass is 32.1. The number of nitrogens with zero attached hydrogens (tertiary/aromatic N) is 2. The first-order valence-electron chi connectivity index (χ1n) is 19.0. The third-order valence-electron chi connectivity index (χ3n) is 11.6. The van der Waals surface area contributed by atoms with Crippen LogP contribution in [0.5, 0.6) is 0 Å². The van der Waals surface area contributed by atoms with E-state index >= 15 is 0 Å². The lowest BCUT2D eigenvalue weighted by molar-refractivity contribution is 0.514. The lowest BCUT2D eigenvalue weighted by Crippen LogP contribution is -2.28. The lowest BCUT2D eigenvalue weighted by atomic mass is 9.81. The SMILES string of the molecule is C\C1=c2/c(ccc3ccc(-c4ccccc4)nc23)=C\C=C(\c2ccc3sc4cccc(C5CCC6C=CC=CC6=NC5c5ccccc5)c4c3c2)CC1. The van der Waals surface area contributed by atoms with Gasteiger partial charge in [0, 0.05) is 53.9 Å². The zero-order chi connectivity index (χ0) is 35.3. The fourth-order valence-electron chi connectivity index (χ4n) is 8.89. The third-order valence-corrected chi connectivity index (χ3v) is 12.8. The molecule has 2 nitrogen and oxygen atoms in total. The van der Waals surface area contributed by atoms with Gasteiger partial charge in [0.15, 0.2) is 0 Å². The summed E-state index contributed by atoms with van der Waals surface area (Å²) < 4.78 is 2.71. The molecule has 0 radical (unpaired) electrons. The number of aliphatic imine (C=N–C) groups is 1. The zero-order valence-electron chi connectivity index (χ0n) is 29.9. The molecule has 2 aliphatic carbocycles. The van der Waals surface area contributed by atoms with Crippen LogP contribution in [-0.2, 0) is 0 Å². The van der Waals surface area contributed by atoms with E-state index in [0.717, 1.165) is 42.5 Å². The Kier molecular flexibility index (Phi) is 8.10. The van der Waals surface area contributed by atoms with Gasteiger partial charge in [-0.3, -0.25) is 4.99 Å². The molecule has 7 aromatic rings. The van der Waals surface area contributed by atoms with Crippen LogP contribution >= 0.6 is 11.3 Å². The third kappa shape index (κ3) is 5.81. The van der Waals surface area contributed by atoms with Crippen molar-refractivity contribution in [3.8, 4) is 11.3 Å². The molecule has 53 heavy (non-hydrogen) atoms. The highest BCUT2D eigenvalue weighted by Gasteiger charge is 2.32. The molecule has 0 amide bonds. The van der Waals surface area contributed by atoms with Gasteiger partial charge >= 0.3 is 0 Å². The van der Waals surface area contributed by atoms with E-state index in [1.54, 1.807) is 0 Å². The van der Waals surface area contributed by atoms with E-state index in [1.807, 2.05) is 11.3 Å². The standard InChI is InChI=1S/C50H40N2S/c1-32-19-20-33(21-22-36-23-24-38-26-29-44(52-50(38)47(32)36)34-11-4-2-5-12-34)39-27-30-45-42(31-39)48-40(16-10-18-46(48)53-45)41-28-25-35-13-8-9-17-43(35)51-49(41)37-14-6-3-7-15-37/h2-18,21-24,26-27,29-31,35,41,49H,19-20,25,28H2,1H3/b33-21+,36-22-,47-32-. The summed E-state index contributed by atoms with van der Waals surface area (Å²) in [4.78, 5) is 10.8. The Morgan fingerprint density at radius 2 is 1.55 bits per heavy atom. The monoisotopic (exact) mass is 700 g/mol. The van der Waals surface area contributed by atoms with Gasteiger partial charge in [-0.1, -0.05) is 133 Å². The number of benzene rings is 5. The normalized spacial score (nSPS) is 22.5. The summed E-state index contributed by atoms with van der Waals surface area (Å²) in [7, 11) is 0. The van der Waals surface area contributed by atoms with Crippen LogP contribution in [0.3, 0.4) is 0 Å².